The number of amides is 2. The fourth-order valence-corrected chi connectivity index (χ4v) is 4.93. The molecule has 3 aromatic carbocycles. The predicted molar refractivity (Wildman–Crippen MR) is 160 cm³/mol. The van der Waals surface area contributed by atoms with Crippen LogP contribution in [0.4, 0.5) is 5.95 Å². The molecule has 1 aliphatic heterocycles. The first kappa shape index (κ1) is 28.4. The van der Waals surface area contributed by atoms with E-state index in [2.05, 4.69) is 18.3 Å². The highest BCUT2D eigenvalue weighted by molar-refractivity contribution is 6.30. The number of benzene rings is 3. The molecule has 8 nitrogen and oxygen atoms in total. The van der Waals surface area contributed by atoms with Crippen LogP contribution >= 0.6 is 11.6 Å². The third-order valence-corrected chi connectivity index (χ3v) is 7.52. The summed E-state index contributed by atoms with van der Waals surface area (Å²) in [6.07, 6.45) is 3.55. The molecule has 0 spiro atoms. The summed E-state index contributed by atoms with van der Waals surface area (Å²) in [7, 11) is 1.57. The van der Waals surface area contributed by atoms with E-state index in [1.165, 1.54) is 10.5 Å². The zero-order valence-electron chi connectivity index (χ0n) is 23.4. The van der Waals surface area contributed by atoms with Gasteiger partial charge in [0.25, 0.3) is 5.91 Å². The number of rotatable bonds is 9. The van der Waals surface area contributed by atoms with Crippen molar-refractivity contribution < 1.29 is 19.1 Å². The van der Waals surface area contributed by atoms with Gasteiger partial charge in [-0.25, -0.2) is 4.98 Å². The lowest BCUT2D eigenvalue weighted by Gasteiger charge is -2.25. The molecule has 9 heteroatoms. The number of ether oxygens (including phenoxy) is 2. The Hall–Kier alpha value is -4.14. The molecule has 2 heterocycles. The van der Waals surface area contributed by atoms with Gasteiger partial charge in [0, 0.05) is 41.2 Å². The third kappa shape index (κ3) is 6.78. The highest BCUT2D eigenvalue weighted by Gasteiger charge is 2.26. The van der Waals surface area contributed by atoms with Crippen LogP contribution in [0.15, 0.2) is 72.9 Å². The second kappa shape index (κ2) is 12.6. The maximum Gasteiger partial charge on any atom is 0.254 e. The normalized spacial score (nSPS) is 14.6. The van der Waals surface area contributed by atoms with Crippen LogP contribution in [-0.2, 0) is 9.53 Å². The van der Waals surface area contributed by atoms with Crippen molar-refractivity contribution in [2.45, 2.75) is 32.8 Å². The predicted octanol–water partition coefficient (Wildman–Crippen LogP) is 6.08. The van der Waals surface area contributed by atoms with Crippen molar-refractivity contribution in [1.29, 1.82) is 0 Å². The summed E-state index contributed by atoms with van der Waals surface area (Å²) in [5.41, 5.74) is 5.16. The summed E-state index contributed by atoms with van der Waals surface area (Å²) in [6, 6.07) is 20.3. The summed E-state index contributed by atoms with van der Waals surface area (Å²) in [4.78, 5) is 33.3. The van der Waals surface area contributed by atoms with Crippen LogP contribution in [0, 0.1) is 13.8 Å². The van der Waals surface area contributed by atoms with Gasteiger partial charge in [0.15, 0.2) is 0 Å². The summed E-state index contributed by atoms with van der Waals surface area (Å²) < 4.78 is 12.9. The largest absolute Gasteiger partial charge is 0.497 e. The first-order chi connectivity index (χ1) is 19.8. The van der Waals surface area contributed by atoms with Gasteiger partial charge in [-0.05, 0) is 86.3 Å². The third-order valence-electron chi connectivity index (χ3n) is 7.27. The number of nitrogens with one attached hydrogen (secondary N) is 1. The van der Waals surface area contributed by atoms with Crippen LogP contribution in [0.2, 0.25) is 5.02 Å². The number of aryl methyl sites for hydroxylation is 2. The topological polar surface area (TPSA) is 85.7 Å². The van der Waals surface area contributed by atoms with Gasteiger partial charge in [0.05, 0.1) is 18.9 Å². The molecule has 1 atom stereocenters. The standard InChI is InChI=1S/C32H33ClN4O4/c1-21-6-13-26(17-22(21)2)37-19-29(23-7-11-25(33)12-8-23)34-32(37)35-30(38)20-36(18-28-5-4-16-41-28)31(39)24-9-14-27(40-3)15-10-24/h6-15,17,19,28H,4-5,16,18,20H2,1-3H3,(H,34,35,38). The molecule has 41 heavy (non-hydrogen) atoms. The molecule has 0 radical (unpaired) electrons. The van der Waals surface area contributed by atoms with Crippen LogP contribution in [0.3, 0.4) is 0 Å². The van der Waals surface area contributed by atoms with Crippen LogP contribution in [0.25, 0.3) is 16.9 Å². The highest BCUT2D eigenvalue weighted by Crippen LogP contribution is 2.27. The van der Waals surface area contributed by atoms with Crippen molar-refractivity contribution in [1.82, 2.24) is 14.5 Å². The van der Waals surface area contributed by atoms with E-state index in [1.54, 1.807) is 43.5 Å². The molecule has 1 fully saturated rings. The number of carbonyl (C=O) groups is 2. The number of carbonyl (C=O) groups excluding carboxylic acids is 2. The van der Waals surface area contributed by atoms with Crippen molar-refractivity contribution >= 4 is 29.4 Å². The fourth-order valence-electron chi connectivity index (χ4n) is 4.81. The molecule has 5 rings (SSSR count). The molecule has 2 amide bonds. The number of methoxy groups -OCH3 is 1. The Labute approximate surface area is 244 Å². The first-order valence-electron chi connectivity index (χ1n) is 13.6. The number of hydrogen-bond donors (Lipinski definition) is 1. The van der Waals surface area contributed by atoms with Gasteiger partial charge in [-0.15, -0.1) is 0 Å². The number of imidazole rings is 1. The van der Waals surface area contributed by atoms with Gasteiger partial charge in [0.2, 0.25) is 11.9 Å². The lowest BCUT2D eigenvalue weighted by atomic mass is 10.1. The molecular weight excluding hydrogens is 540 g/mol. The summed E-state index contributed by atoms with van der Waals surface area (Å²) in [6.45, 7) is 4.92. The molecule has 0 saturated carbocycles. The fraction of sp³-hybridized carbons (Fsp3) is 0.281. The molecule has 1 aliphatic rings. The molecule has 0 aliphatic carbocycles. The Kier molecular flexibility index (Phi) is 8.71. The molecule has 212 valence electrons. The molecular formula is C32H33ClN4O4. The Morgan fingerprint density at radius 1 is 1.07 bits per heavy atom. The lowest BCUT2D eigenvalue weighted by Crippen LogP contribution is -2.42. The Bertz CT molecular complexity index is 1530. The molecule has 1 saturated heterocycles. The van der Waals surface area contributed by atoms with Crippen molar-refractivity contribution in [2.75, 3.05) is 32.1 Å². The van der Waals surface area contributed by atoms with E-state index in [1.807, 2.05) is 42.0 Å². The second-order valence-corrected chi connectivity index (χ2v) is 10.6. The van der Waals surface area contributed by atoms with Crippen molar-refractivity contribution in [3.05, 3.63) is 94.6 Å². The second-order valence-electron chi connectivity index (χ2n) is 10.2. The van der Waals surface area contributed by atoms with Crippen LogP contribution in [0.5, 0.6) is 5.75 Å². The van der Waals surface area contributed by atoms with Crippen LogP contribution in [-0.4, -0.2) is 59.2 Å². The molecule has 1 unspecified atom stereocenters. The van der Waals surface area contributed by atoms with E-state index < -0.39 is 0 Å². The van der Waals surface area contributed by atoms with E-state index in [-0.39, 0.29) is 24.5 Å². The van der Waals surface area contributed by atoms with Gasteiger partial charge in [-0.3, -0.25) is 19.5 Å². The van der Waals surface area contributed by atoms with E-state index >= 15 is 0 Å². The minimum atomic E-state index is -0.358. The average molecular weight is 573 g/mol. The number of nitrogens with zero attached hydrogens (tertiary/aromatic N) is 3. The van der Waals surface area contributed by atoms with Gasteiger partial charge in [-0.2, -0.15) is 0 Å². The van der Waals surface area contributed by atoms with Crippen LogP contribution < -0.4 is 10.1 Å². The molecule has 1 aromatic heterocycles. The highest BCUT2D eigenvalue weighted by atomic mass is 35.5. The van der Waals surface area contributed by atoms with Gasteiger partial charge >= 0.3 is 0 Å². The Morgan fingerprint density at radius 2 is 1.83 bits per heavy atom. The zero-order valence-corrected chi connectivity index (χ0v) is 24.1. The van der Waals surface area contributed by atoms with Crippen molar-refractivity contribution in [3.8, 4) is 22.7 Å². The number of halogens is 1. The quantitative estimate of drug-likeness (QED) is 0.263. The summed E-state index contributed by atoms with van der Waals surface area (Å²) in [5, 5.41) is 3.59. The lowest BCUT2D eigenvalue weighted by molar-refractivity contribution is -0.117. The van der Waals surface area contributed by atoms with E-state index in [0.717, 1.165) is 29.7 Å². The molecule has 4 aromatic rings. The van der Waals surface area contributed by atoms with Crippen molar-refractivity contribution in [3.63, 3.8) is 0 Å². The smallest absolute Gasteiger partial charge is 0.254 e. The maximum atomic E-state index is 13.5. The van der Waals surface area contributed by atoms with E-state index in [4.69, 9.17) is 26.1 Å². The van der Waals surface area contributed by atoms with E-state index in [0.29, 0.717) is 41.1 Å². The van der Waals surface area contributed by atoms with Crippen LogP contribution in [0.1, 0.15) is 34.3 Å². The minimum absolute atomic E-state index is 0.112. The summed E-state index contributed by atoms with van der Waals surface area (Å²) in [5.74, 6) is 0.401. The monoisotopic (exact) mass is 572 g/mol. The molecule has 1 N–H and O–H groups in total. The minimum Gasteiger partial charge on any atom is -0.497 e. The summed E-state index contributed by atoms with van der Waals surface area (Å²) >= 11 is 6.10. The SMILES string of the molecule is COc1ccc(C(=O)N(CC(=O)Nc2nc(-c3ccc(Cl)cc3)cn2-c2ccc(C)c(C)c2)CC2CCCO2)cc1. The number of anilines is 1. The average Bonchev–Trinajstić information content (AvgIpc) is 3.64. The number of hydrogen-bond acceptors (Lipinski definition) is 5. The first-order valence-corrected chi connectivity index (χ1v) is 14.0. The Morgan fingerprint density at radius 3 is 2.49 bits per heavy atom. The van der Waals surface area contributed by atoms with Gasteiger partial charge in [-0.1, -0.05) is 29.8 Å². The zero-order chi connectivity index (χ0) is 28.9. The van der Waals surface area contributed by atoms with Gasteiger partial charge < -0.3 is 14.4 Å². The maximum absolute atomic E-state index is 13.5. The molecule has 0 bridgehead atoms. The van der Waals surface area contributed by atoms with E-state index in [9.17, 15) is 9.59 Å². The Balaban J connectivity index is 1.42. The number of aromatic nitrogens is 2. The van der Waals surface area contributed by atoms with Gasteiger partial charge in [0.1, 0.15) is 12.3 Å². The van der Waals surface area contributed by atoms with Crippen molar-refractivity contribution in [2.24, 2.45) is 0 Å².